The molecular formula is C11H11BrN4O2S. The average molecular weight is 343 g/mol. The molecule has 2 aromatic rings. The number of rotatable bonds is 4. The van der Waals surface area contributed by atoms with Gasteiger partial charge in [-0.15, -0.1) is 0 Å². The molecule has 19 heavy (non-hydrogen) atoms. The average Bonchev–Trinajstić information content (AvgIpc) is 2.41. The second-order valence-electron chi connectivity index (χ2n) is 3.61. The SMILES string of the molecule is NNc1ncccc1S(=O)(=O)Nc1ccc(Br)cc1. The highest BCUT2D eigenvalue weighted by atomic mass is 79.9. The van der Waals surface area contributed by atoms with E-state index in [1.165, 1.54) is 18.3 Å². The summed E-state index contributed by atoms with van der Waals surface area (Å²) in [4.78, 5) is 3.84. The zero-order valence-corrected chi connectivity index (χ0v) is 12.1. The molecule has 100 valence electrons. The molecule has 0 bridgehead atoms. The molecule has 0 spiro atoms. The number of hydrogen-bond donors (Lipinski definition) is 3. The van der Waals surface area contributed by atoms with Crippen LogP contribution >= 0.6 is 15.9 Å². The Kier molecular flexibility index (Phi) is 4.03. The zero-order chi connectivity index (χ0) is 13.9. The molecule has 0 radical (unpaired) electrons. The van der Waals surface area contributed by atoms with Gasteiger partial charge in [-0.2, -0.15) is 0 Å². The number of anilines is 2. The van der Waals surface area contributed by atoms with Gasteiger partial charge in [-0.05, 0) is 36.4 Å². The van der Waals surface area contributed by atoms with E-state index < -0.39 is 10.0 Å². The van der Waals surface area contributed by atoms with Crippen LogP contribution in [0, 0.1) is 0 Å². The molecular weight excluding hydrogens is 332 g/mol. The summed E-state index contributed by atoms with van der Waals surface area (Å²) in [5, 5.41) is 0. The van der Waals surface area contributed by atoms with Crippen molar-refractivity contribution in [3.63, 3.8) is 0 Å². The maximum Gasteiger partial charge on any atom is 0.265 e. The highest BCUT2D eigenvalue weighted by molar-refractivity contribution is 9.10. The molecule has 0 unspecified atom stereocenters. The predicted octanol–water partition coefficient (Wildman–Crippen LogP) is 1.93. The smallest absolute Gasteiger partial charge is 0.265 e. The van der Waals surface area contributed by atoms with Crippen molar-refractivity contribution in [1.29, 1.82) is 0 Å². The number of hydrogen-bond acceptors (Lipinski definition) is 5. The summed E-state index contributed by atoms with van der Waals surface area (Å²) in [6.07, 6.45) is 1.45. The fourth-order valence-electron chi connectivity index (χ4n) is 1.44. The van der Waals surface area contributed by atoms with Crippen molar-refractivity contribution in [3.05, 3.63) is 47.1 Å². The highest BCUT2D eigenvalue weighted by Crippen LogP contribution is 2.21. The van der Waals surface area contributed by atoms with Crippen molar-refractivity contribution in [2.24, 2.45) is 5.84 Å². The molecule has 0 saturated carbocycles. The number of pyridine rings is 1. The van der Waals surface area contributed by atoms with Crippen LogP contribution in [-0.4, -0.2) is 13.4 Å². The first-order valence-corrected chi connectivity index (χ1v) is 7.50. The normalized spacial score (nSPS) is 11.1. The maximum absolute atomic E-state index is 12.2. The highest BCUT2D eigenvalue weighted by Gasteiger charge is 2.18. The first-order valence-electron chi connectivity index (χ1n) is 5.23. The molecule has 1 aromatic heterocycles. The Bertz CT molecular complexity index is 673. The number of nitrogen functional groups attached to an aromatic ring is 1. The van der Waals surface area contributed by atoms with Crippen molar-refractivity contribution < 1.29 is 8.42 Å². The second-order valence-corrected chi connectivity index (χ2v) is 6.17. The molecule has 0 aliphatic carbocycles. The van der Waals surface area contributed by atoms with E-state index in [1.807, 2.05) is 0 Å². The predicted molar refractivity (Wildman–Crippen MR) is 77.0 cm³/mol. The summed E-state index contributed by atoms with van der Waals surface area (Å²) in [5.74, 6) is 5.34. The van der Waals surface area contributed by atoms with Crippen LogP contribution in [0.15, 0.2) is 52.0 Å². The molecule has 0 amide bonds. The van der Waals surface area contributed by atoms with Crippen molar-refractivity contribution in [2.45, 2.75) is 4.90 Å². The number of aromatic nitrogens is 1. The topological polar surface area (TPSA) is 97.1 Å². The monoisotopic (exact) mass is 342 g/mol. The fraction of sp³-hybridized carbons (Fsp3) is 0. The minimum absolute atomic E-state index is 0.0135. The van der Waals surface area contributed by atoms with Crippen LogP contribution in [0.2, 0.25) is 0 Å². The Balaban J connectivity index is 2.35. The van der Waals surface area contributed by atoms with E-state index in [1.54, 1.807) is 24.3 Å². The largest absolute Gasteiger partial charge is 0.307 e. The van der Waals surface area contributed by atoms with Gasteiger partial charge in [0, 0.05) is 16.4 Å². The lowest BCUT2D eigenvalue weighted by atomic mass is 10.3. The number of halogens is 1. The molecule has 8 heteroatoms. The fourth-order valence-corrected chi connectivity index (χ4v) is 2.89. The van der Waals surface area contributed by atoms with Gasteiger partial charge in [0.2, 0.25) is 0 Å². The summed E-state index contributed by atoms with van der Waals surface area (Å²) >= 11 is 3.28. The number of nitrogens with one attached hydrogen (secondary N) is 2. The lowest BCUT2D eigenvalue weighted by Gasteiger charge is -2.10. The van der Waals surface area contributed by atoms with Gasteiger partial charge in [-0.1, -0.05) is 15.9 Å². The number of hydrazine groups is 1. The van der Waals surface area contributed by atoms with Gasteiger partial charge in [0.1, 0.15) is 4.90 Å². The Morgan fingerprint density at radius 1 is 1.16 bits per heavy atom. The third kappa shape index (κ3) is 3.22. The minimum Gasteiger partial charge on any atom is -0.307 e. The lowest BCUT2D eigenvalue weighted by Crippen LogP contribution is -2.18. The van der Waals surface area contributed by atoms with Gasteiger partial charge >= 0.3 is 0 Å². The number of nitrogens with two attached hydrogens (primary N) is 1. The van der Waals surface area contributed by atoms with Gasteiger partial charge < -0.3 is 5.43 Å². The first kappa shape index (κ1) is 13.8. The summed E-state index contributed by atoms with van der Waals surface area (Å²) in [6, 6.07) is 9.72. The summed E-state index contributed by atoms with van der Waals surface area (Å²) in [6.45, 7) is 0. The molecule has 0 aliphatic rings. The molecule has 6 nitrogen and oxygen atoms in total. The Hall–Kier alpha value is -1.64. The van der Waals surface area contributed by atoms with Crippen molar-refractivity contribution in [1.82, 2.24) is 4.98 Å². The van der Waals surface area contributed by atoms with E-state index in [9.17, 15) is 8.42 Å². The van der Waals surface area contributed by atoms with E-state index in [0.29, 0.717) is 5.69 Å². The standard InChI is InChI=1S/C11H11BrN4O2S/c12-8-3-5-9(6-4-8)16-19(17,18)10-2-1-7-14-11(10)15-13/h1-7,16H,13H2,(H,14,15). The van der Waals surface area contributed by atoms with Crippen molar-refractivity contribution in [2.75, 3.05) is 10.1 Å². The van der Waals surface area contributed by atoms with E-state index in [-0.39, 0.29) is 10.7 Å². The summed E-state index contributed by atoms with van der Waals surface area (Å²) < 4.78 is 27.7. The van der Waals surface area contributed by atoms with Crippen LogP contribution < -0.4 is 16.0 Å². The van der Waals surface area contributed by atoms with E-state index in [4.69, 9.17) is 5.84 Å². The van der Waals surface area contributed by atoms with Gasteiger partial charge in [-0.25, -0.2) is 19.2 Å². The second kappa shape index (κ2) is 5.55. The number of benzene rings is 1. The number of nitrogens with zero attached hydrogens (tertiary/aromatic N) is 1. The molecule has 2 rings (SSSR count). The van der Waals surface area contributed by atoms with E-state index in [0.717, 1.165) is 4.47 Å². The van der Waals surface area contributed by atoms with E-state index >= 15 is 0 Å². The Morgan fingerprint density at radius 3 is 2.47 bits per heavy atom. The molecule has 0 aliphatic heterocycles. The Morgan fingerprint density at radius 2 is 1.84 bits per heavy atom. The molecule has 0 atom stereocenters. The first-order chi connectivity index (χ1) is 9.03. The molecule has 0 saturated heterocycles. The van der Waals surface area contributed by atoms with Gasteiger partial charge in [0.15, 0.2) is 5.82 Å². The van der Waals surface area contributed by atoms with Gasteiger partial charge in [0.25, 0.3) is 10.0 Å². The third-order valence-corrected chi connectivity index (χ3v) is 4.23. The van der Waals surface area contributed by atoms with Crippen LogP contribution in [-0.2, 0) is 10.0 Å². The van der Waals surface area contributed by atoms with Crippen molar-refractivity contribution in [3.8, 4) is 0 Å². The zero-order valence-electron chi connectivity index (χ0n) is 9.67. The minimum atomic E-state index is -3.74. The van der Waals surface area contributed by atoms with Crippen LogP contribution in [0.25, 0.3) is 0 Å². The summed E-state index contributed by atoms with van der Waals surface area (Å²) in [5.41, 5.74) is 2.71. The molecule has 4 N–H and O–H groups in total. The maximum atomic E-state index is 12.2. The van der Waals surface area contributed by atoms with Crippen LogP contribution in [0.3, 0.4) is 0 Å². The van der Waals surface area contributed by atoms with Crippen LogP contribution in [0.1, 0.15) is 0 Å². The van der Waals surface area contributed by atoms with Crippen molar-refractivity contribution >= 4 is 37.5 Å². The van der Waals surface area contributed by atoms with Gasteiger partial charge in [-0.3, -0.25) is 4.72 Å². The van der Waals surface area contributed by atoms with E-state index in [2.05, 4.69) is 31.1 Å². The molecule has 1 heterocycles. The van der Waals surface area contributed by atoms with Crippen LogP contribution in [0.4, 0.5) is 11.5 Å². The van der Waals surface area contributed by atoms with Gasteiger partial charge in [0.05, 0.1) is 0 Å². The lowest BCUT2D eigenvalue weighted by molar-refractivity contribution is 0.601. The number of sulfonamides is 1. The third-order valence-electron chi connectivity index (χ3n) is 2.29. The summed E-state index contributed by atoms with van der Waals surface area (Å²) in [7, 11) is -3.74. The quantitative estimate of drug-likeness (QED) is 0.582. The molecule has 0 fully saturated rings. The molecule has 1 aromatic carbocycles. The van der Waals surface area contributed by atoms with Crippen LogP contribution in [0.5, 0.6) is 0 Å². The Labute approximate surface area is 119 Å².